The van der Waals surface area contributed by atoms with Gasteiger partial charge in [0.2, 0.25) is 0 Å². The average Bonchev–Trinajstić information content (AvgIpc) is 1.61. The molecular formula is C78H44N6. The maximum Gasteiger partial charge on any atom is 0.145 e. The maximum absolute atomic E-state index is 6.15. The summed E-state index contributed by atoms with van der Waals surface area (Å²) in [5, 5.41) is 13.1. The van der Waals surface area contributed by atoms with Crippen LogP contribution in [0.25, 0.3) is 187 Å². The van der Waals surface area contributed by atoms with Crippen molar-refractivity contribution in [2.45, 2.75) is 0 Å². The van der Waals surface area contributed by atoms with Gasteiger partial charge < -0.3 is 0 Å². The van der Waals surface area contributed by atoms with Crippen molar-refractivity contribution in [3.05, 3.63) is 267 Å². The van der Waals surface area contributed by atoms with E-state index in [1.54, 1.807) is 0 Å². The zero-order chi connectivity index (χ0) is 54.7. The van der Waals surface area contributed by atoms with Gasteiger partial charge in [-0.05, 0) is 115 Å². The summed E-state index contributed by atoms with van der Waals surface area (Å²) in [6.45, 7) is 0. The molecule has 6 nitrogen and oxygen atoms in total. The summed E-state index contributed by atoms with van der Waals surface area (Å²) in [4.78, 5) is 23.4. The second-order valence-electron chi connectivity index (χ2n) is 22.5. The van der Waals surface area contributed by atoms with Crippen LogP contribution in [0.2, 0.25) is 0 Å². The van der Waals surface area contributed by atoms with Gasteiger partial charge in [0.15, 0.2) is 0 Å². The third-order valence-electron chi connectivity index (χ3n) is 17.9. The minimum Gasteiger partial charge on any atom is -0.290 e. The minimum absolute atomic E-state index is 0.849. The van der Waals surface area contributed by atoms with E-state index in [1.807, 2.05) is 12.4 Å². The summed E-state index contributed by atoms with van der Waals surface area (Å²) in [6.07, 6.45) is 4.09. The second kappa shape index (κ2) is 17.1. The van der Waals surface area contributed by atoms with Crippen LogP contribution in [0.15, 0.2) is 267 Å². The molecule has 0 saturated carbocycles. The molecule has 0 atom stereocenters. The lowest BCUT2D eigenvalue weighted by atomic mass is 9.93. The molecule has 0 saturated heterocycles. The molecule has 0 spiro atoms. The second-order valence-corrected chi connectivity index (χ2v) is 22.5. The summed E-state index contributed by atoms with van der Waals surface area (Å²) in [7, 11) is 0. The van der Waals surface area contributed by atoms with Crippen molar-refractivity contribution in [3.8, 4) is 66.8 Å². The molecule has 0 bridgehead atoms. The molecule has 6 heteroatoms. The fraction of sp³-hybridized carbons (Fsp3) is 0. The van der Waals surface area contributed by atoms with E-state index >= 15 is 0 Å². The van der Waals surface area contributed by atoms with Crippen LogP contribution in [-0.4, -0.2) is 28.7 Å². The van der Waals surface area contributed by atoms with Crippen molar-refractivity contribution in [2.24, 2.45) is 0 Å². The maximum atomic E-state index is 6.15. The van der Waals surface area contributed by atoms with Crippen molar-refractivity contribution in [3.63, 3.8) is 0 Å². The van der Waals surface area contributed by atoms with E-state index in [0.717, 1.165) is 187 Å². The molecule has 0 unspecified atom stereocenters. The fourth-order valence-corrected chi connectivity index (χ4v) is 14.2. The van der Waals surface area contributed by atoms with Crippen LogP contribution in [0, 0.1) is 0 Å². The predicted molar refractivity (Wildman–Crippen MR) is 350 cm³/mol. The van der Waals surface area contributed by atoms with Crippen molar-refractivity contribution in [1.29, 1.82) is 0 Å². The van der Waals surface area contributed by atoms with Crippen molar-refractivity contribution in [2.75, 3.05) is 0 Å². The van der Waals surface area contributed by atoms with Crippen molar-refractivity contribution < 1.29 is 0 Å². The Morgan fingerprint density at radius 2 is 0.500 bits per heavy atom. The van der Waals surface area contributed by atoms with Crippen molar-refractivity contribution >= 4 is 120 Å². The van der Waals surface area contributed by atoms with Gasteiger partial charge in [-0.15, -0.1) is 0 Å². The zero-order valence-electron chi connectivity index (χ0n) is 45.1. The summed E-state index contributed by atoms with van der Waals surface area (Å²) >= 11 is 0. The number of aromatic nitrogens is 6. The van der Waals surface area contributed by atoms with Crippen LogP contribution in [0.1, 0.15) is 0 Å². The molecule has 0 amide bonds. The minimum atomic E-state index is 0.849. The average molecular weight is 1070 g/mol. The highest BCUT2D eigenvalue weighted by molar-refractivity contribution is 6.41. The molecule has 0 aliphatic carbocycles. The van der Waals surface area contributed by atoms with Gasteiger partial charge >= 0.3 is 0 Å². The first-order valence-corrected chi connectivity index (χ1v) is 28.7. The smallest absolute Gasteiger partial charge is 0.145 e. The molecule has 0 fully saturated rings. The third-order valence-corrected chi connectivity index (χ3v) is 17.9. The lowest BCUT2D eigenvalue weighted by Gasteiger charge is -2.15. The quantitative estimate of drug-likeness (QED) is 0.123. The van der Waals surface area contributed by atoms with Gasteiger partial charge in [0.05, 0.1) is 33.1 Å². The molecule has 0 aliphatic heterocycles. The van der Waals surface area contributed by atoms with Crippen LogP contribution in [-0.2, 0) is 0 Å². The first-order chi connectivity index (χ1) is 41.7. The molecule has 386 valence electrons. The lowest BCUT2D eigenvalue weighted by molar-refractivity contribution is 1.24. The van der Waals surface area contributed by atoms with Gasteiger partial charge in [-0.3, -0.25) is 8.80 Å². The van der Waals surface area contributed by atoms with E-state index in [4.69, 9.17) is 19.9 Å². The molecule has 7 heterocycles. The van der Waals surface area contributed by atoms with Crippen LogP contribution in [0.3, 0.4) is 0 Å². The van der Waals surface area contributed by atoms with Crippen molar-refractivity contribution in [1.82, 2.24) is 28.7 Å². The highest BCUT2D eigenvalue weighted by atomic mass is 15.0. The van der Waals surface area contributed by atoms with E-state index < -0.39 is 0 Å². The molecule has 0 N–H and O–H groups in total. The number of pyridine rings is 2. The Kier molecular flexibility index (Phi) is 9.24. The molecule has 7 aromatic heterocycles. The van der Waals surface area contributed by atoms with E-state index in [2.05, 4.69) is 264 Å². The van der Waals surface area contributed by atoms with Gasteiger partial charge in [-0.25, -0.2) is 19.9 Å². The Bertz CT molecular complexity index is 5550. The summed E-state index contributed by atoms with van der Waals surface area (Å²) in [6, 6.07) is 92.2. The van der Waals surface area contributed by atoms with Gasteiger partial charge in [-0.2, -0.15) is 0 Å². The Balaban J connectivity index is 1.06. The van der Waals surface area contributed by atoms with Gasteiger partial charge in [0.1, 0.15) is 22.3 Å². The number of nitrogens with zero attached hydrogens (tertiary/aromatic N) is 6. The molecule has 19 aromatic rings. The topological polar surface area (TPSA) is 60.4 Å². The number of hydrogen-bond acceptors (Lipinski definition) is 4. The Labute approximate surface area is 480 Å². The fourth-order valence-electron chi connectivity index (χ4n) is 14.2. The highest BCUT2D eigenvalue weighted by Crippen LogP contribution is 2.52. The van der Waals surface area contributed by atoms with Gasteiger partial charge in [-0.1, -0.05) is 206 Å². The third kappa shape index (κ3) is 6.33. The van der Waals surface area contributed by atoms with Crippen LogP contribution < -0.4 is 0 Å². The van der Waals surface area contributed by atoms with E-state index in [9.17, 15) is 0 Å². The molecule has 84 heavy (non-hydrogen) atoms. The normalized spacial score (nSPS) is 12.3. The molecule has 0 aliphatic rings. The van der Waals surface area contributed by atoms with E-state index in [0.29, 0.717) is 0 Å². The monoisotopic (exact) mass is 1060 g/mol. The standard InChI is InChI=1S/C78H44N6/c1-7-19-45(20-8-1)51-31-33-57-59(35-51)60-36-52(46-21-9-2-10-22-46)32-34-58(60)70-69(57)81-71-67-65-39-53(47-23-11-3-12-24-47)37-61-63-41-55(49-27-15-5-16-28-49)43-79-77(63)83(73(61)65)75(67)76-68(72(71)82-70)66-40-54(48-25-13-4-14-26-48)38-62-64-42-56(50-29-17-6-18-30-50)44-80-78(64)84(76)74(62)66/h1-44H. The van der Waals surface area contributed by atoms with Crippen LogP contribution in [0.4, 0.5) is 0 Å². The van der Waals surface area contributed by atoms with Gasteiger partial charge in [0.25, 0.3) is 0 Å². The zero-order valence-corrected chi connectivity index (χ0v) is 45.1. The summed E-state index contributed by atoms with van der Waals surface area (Å²) in [5.41, 5.74) is 23.0. The van der Waals surface area contributed by atoms with Crippen LogP contribution in [0.5, 0.6) is 0 Å². The number of benzene rings is 12. The molecule has 0 radical (unpaired) electrons. The van der Waals surface area contributed by atoms with Gasteiger partial charge in [0, 0.05) is 77.4 Å². The van der Waals surface area contributed by atoms with E-state index in [1.165, 1.54) is 0 Å². The number of rotatable bonds is 6. The number of fused-ring (bicyclic) bond motifs is 22. The SMILES string of the molecule is c1ccc(-c2ccc3c(c2)c2cc(-c4ccccc4)ccc2c2nc4c(nc32)c2c3cc(-c5ccccc5)cc5c6cc(-c7ccccc7)cnc6n(c53)c2c2c4c3cc(-c4ccccc4)cc4c5cc(-c6ccccc6)cnc5n2c43)cc1. The molecular weight excluding hydrogens is 1020 g/mol. The summed E-state index contributed by atoms with van der Waals surface area (Å²) < 4.78 is 4.91. The first kappa shape index (κ1) is 45.4. The first-order valence-electron chi connectivity index (χ1n) is 28.7. The predicted octanol–water partition coefficient (Wildman–Crippen LogP) is 20.2. The number of hydrogen-bond donors (Lipinski definition) is 0. The molecule has 12 aromatic carbocycles. The summed E-state index contributed by atoms with van der Waals surface area (Å²) in [5.74, 6) is 0. The van der Waals surface area contributed by atoms with Crippen LogP contribution >= 0.6 is 0 Å². The largest absolute Gasteiger partial charge is 0.290 e. The van der Waals surface area contributed by atoms with E-state index in [-0.39, 0.29) is 0 Å². The lowest BCUT2D eigenvalue weighted by Crippen LogP contribution is -1.96. The molecule has 19 rings (SSSR count). The highest BCUT2D eigenvalue weighted by Gasteiger charge is 2.31. The Morgan fingerprint density at radius 3 is 0.857 bits per heavy atom. The Hall–Kier alpha value is -11.3. The Morgan fingerprint density at radius 1 is 0.202 bits per heavy atom.